The number of benzene rings is 1. The lowest BCUT2D eigenvalue weighted by Gasteiger charge is -2.03. The molecule has 96 valence electrons. The van der Waals surface area contributed by atoms with Crippen LogP contribution in [0.25, 0.3) is 22.3 Å². The van der Waals surface area contributed by atoms with Crippen molar-refractivity contribution in [2.45, 2.75) is 13.0 Å². The summed E-state index contributed by atoms with van der Waals surface area (Å²) >= 11 is 0. The van der Waals surface area contributed by atoms with Crippen molar-refractivity contribution >= 4 is 10.9 Å². The molecule has 20 heavy (non-hydrogen) atoms. The van der Waals surface area contributed by atoms with Gasteiger partial charge in [-0.1, -0.05) is 24.3 Å². The molecule has 0 radical (unpaired) electrons. The number of rotatable bonds is 3. The smallest absolute Gasteiger partial charge is 0.231 e. The molecule has 2 heteroatoms. The van der Waals surface area contributed by atoms with Gasteiger partial charge in [0.05, 0.1) is 11.9 Å². The molecule has 0 aliphatic rings. The molecule has 0 bridgehead atoms. The van der Waals surface area contributed by atoms with Gasteiger partial charge in [-0.15, -0.1) is 12.3 Å². The van der Waals surface area contributed by atoms with Gasteiger partial charge in [-0.2, -0.15) is 4.57 Å². The molecule has 2 aromatic heterocycles. The van der Waals surface area contributed by atoms with Gasteiger partial charge in [-0.05, 0) is 18.2 Å². The molecule has 0 saturated carbocycles. The highest BCUT2D eigenvalue weighted by Crippen LogP contribution is 2.18. The predicted molar refractivity (Wildman–Crippen MR) is 80.8 cm³/mol. The Bertz CT molecular complexity index is 785. The number of terminal acetylenes is 1. The van der Waals surface area contributed by atoms with E-state index in [9.17, 15) is 0 Å². The summed E-state index contributed by atoms with van der Waals surface area (Å²) in [4.78, 5) is 4.74. The Labute approximate surface area is 118 Å². The third-order valence-corrected chi connectivity index (χ3v) is 3.30. The van der Waals surface area contributed by atoms with E-state index in [0.29, 0.717) is 0 Å². The lowest BCUT2D eigenvalue weighted by atomic mass is 10.1. The molecule has 0 aliphatic heterocycles. The van der Waals surface area contributed by atoms with Gasteiger partial charge in [0.15, 0.2) is 12.7 Å². The Hall–Kier alpha value is -2.66. The number of aryl methyl sites for hydroxylation is 1. The summed E-state index contributed by atoms with van der Waals surface area (Å²) in [5.74, 6) is 2.68. The summed E-state index contributed by atoms with van der Waals surface area (Å²) in [5.41, 5.74) is 3.08. The summed E-state index contributed by atoms with van der Waals surface area (Å²) in [5, 5.41) is 1.15. The molecule has 2 nitrogen and oxygen atoms in total. The van der Waals surface area contributed by atoms with Crippen molar-refractivity contribution in [1.82, 2.24) is 4.98 Å². The topological polar surface area (TPSA) is 16.8 Å². The molecular formula is C18H15N2+. The molecule has 0 unspecified atom stereocenters. The van der Waals surface area contributed by atoms with Gasteiger partial charge >= 0.3 is 0 Å². The van der Waals surface area contributed by atoms with Crippen molar-refractivity contribution in [1.29, 1.82) is 0 Å². The summed E-state index contributed by atoms with van der Waals surface area (Å²) in [6.45, 7) is 0.807. The van der Waals surface area contributed by atoms with Crippen LogP contribution in [0.3, 0.4) is 0 Å². The van der Waals surface area contributed by atoms with Crippen LogP contribution in [0.5, 0.6) is 0 Å². The molecule has 0 spiro atoms. The van der Waals surface area contributed by atoms with E-state index in [4.69, 9.17) is 11.4 Å². The quantitative estimate of drug-likeness (QED) is 0.521. The van der Waals surface area contributed by atoms with Gasteiger partial charge in [0.25, 0.3) is 0 Å². The van der Waals surface area contributed by atoms with Crippen LogP contribution in [-0.2, 0) is 6.54 Å². The first-order valence-corrected chi connectivity index (χ1v) is 6.66. The lowest BCUT2D eigenvalue weighted by molar-refractivity contribution is -0.685. The first kappa shape index (κ1) is 12.4. The Kier molecular flexibility index (Phi) is 3.43. The van der Waals surface area contributed by atoms with Gasteiger partial charge < -0.3 is 0 Å². The Morgan fingerprint density at radius 3 is 2.75 bits per heavy atom. The minimum Gasteiger partial charge on any atom is -0.241 e. The van der Waals surface area contributed by atoms with Crippen molar-refractivity contribution in [3.8, 4) is 23.7 Å². The second-order valence-corrected chi connectivity index (χ2v) is 4.62. The fourth-order valence-electron chi connectivity index (χ4n) is 2.30. The van der Waals surface area contributed by atoms with Gasteiger partial charge in [-0.25, -0.2) is 4.98 Å². The van der Waals surface area contributed by atoms with Crippen LogP contribution >= 0.6 is 0 Å². The molecular weight excluding hydrogens is 244 g/mol. The van der Waals surface area contributed by atoms with Crippen LogP contribution in [0.4, 0.5) is 0 Å². The minimum absolute atomic E-state index is 0.718. The number of para-hydroxylation sites is 1. The summed E-state index contributed by atoms with van der Waals surface area (Å²) in [6, 6.07) is 18.4. The van der Waals surface area contributed by atoms with Crippen LogP contribution in [0.15, 0.2) is 60.8 Å². The highest BCUT2D eigenvalue weighted by atomic mass is 15.0. The van der Waals surface area contributed by atoms with E-state index < -0.39 is 0 Å². The molecule has 2 heterocycles. The van der Waals surface area contributed by atoms with E-state index in [1.54, 1.807) is 0 Å². The van der Waals surface area contributed by atoms with Crippen LogP contribution in [0, 0.1) is 12.3 Å². The number of hydrogen-bond acceptors (Lipinski definition) is 1. The van der Waals surface area contributed by atoms with Crippen molar-refractivity contribution in [3.63, 3.8) is 0 Å². The maximum absolute atomic E-state index is 5.36. The summed E-state index contributed by atoms with van der Waals surface area (Å²) < 4.78 is 2.15. The van der Waals surface area contributed by atoms with Crippen molar-refractivity contribution < 1.29 is 4.57 Å². The van der Waals surface area contributed by atoms with E-state index in [-0.39, 0.29) is 0 Å². The van der Waals surface area contributed by atoms with E-state index in [2.05, 4.69) is 34.8 Å². The Morgan fingerprint density at radius 1 is 1.00 bits per heavy atom. The average Bonchev–Trinajstić information content (AvgIpc) is 2.53. The van der Waals surface area contributed by atoms with Crippen LogP contribution < -0.4 is 4.57 Å². The highest BCUT2D eigenvalue weighted by Gasteiger charge is 2.13. The van der Waals surface area contributed by atoms with Crippen molar-refractivity contribution in [2.75, 3.05) is 0 Å². The van der Waals surface area contributed by atoms with Gasteiger partial charge in [-0.3, -0.25) is 0 Å². The van der Waals surface area contributed by atoms with Crippen LogP contribution in [-0.4, -0.2) is 4.98 Å². The SMILES string of the molecule is C#CCC[n+]1ccccc1-c1ccc2ccccc2n1. The van der Waals surface area contributed by atoms with Crippen LogP contribution in [0.1, 0.15) is 6.42 Å². The minimum atomic E-state index is 0.718. The van der Waals surface area contributed by atoms with E-state index in [1.807, 2.05) is 36.5 Å². The molecule has 0 amide bonds. The monoisotopic (exact) mass is 259 g/mol. The second-order valence-electron chi connectivity index (χ2n) is 4.62. The first-order chi connectivity index (χ1) is 9.88. The van der Waals surface area contributed by atoms with Gasteiger partial charge in [0, 0.05) is 17.5 Å². The molecule has 3 rings (SSSR count). The molecule has 0 atom stereocenters. The predicted octanol–water partition coefficient (Wildman–Crippen LogP) is 3.21. The standard InChI is InChI=1S/C18H15N2/c1-2-3-13-20-14-7-6-10-18(20)17-12-11-15-8-4-5-9-16(15)19-17/h1,4-12,14H,3,13H2/q+1. The zero-order valence-corrected chi connectivity index (χ0v) is 11.2. The molecule has 1 aromatic carbocycles. The lowest BCUT2D eigenvalue weighted by Crippen LogP contribution is -2.35. The molecule has 0 saturated heterocycles. The fraction of sp³-hybridized carbons (Fsp3) is 0.111. The molecule has 3 aromatic rings. The zero-order chi connectivity index (χ0) is 13.8. The van der Waals surface area contributed by atoms with Crippen LogP contribution in [0.2, 0.25) is 0 Å². The molecule has 0 aliphatic carbocycles. The zero-order valence-electron chi connectivity index (χ0n) is 11.2. The summed E-state index contributed by atoms with van der Waals surface area (Å²) in [7, 11) is 0. The van der Waals surface area contributed by atoms with E-state index in [1.165, 1.54) is 0 Å². The normalized spacial score (nSPS) is 10.3. The van der Waals surface area contributed by atoms with Gasteiger partial charge in [0.1, 0.15) is 5.69 Å². The first-order valence-electron chi connectivity index (χ1n) is 6.66. The largest absolute Gasteiger partial charge is 0.241 e. The third kappa shape index (κ3) is 2.39. The second kappa shape index (κ2) is 5.54. The Morgan fingerprint density at radius 2 is 1.85 bits per heavy atom. The third-order valence-electron chi connectivity index (χ3n) is 3.30. The van der Waals surface area contributed by atoms with E-state index >= 15 is 0 Å². The number of aromatic nitrogens is 2. The average molecular weight is 259 g/mol. The number of nitrogens with zero attached hydrogens (tertiary/aromatic N) is 2. The van der Waals surface area contributed by atoms with Crippen molar-refractivity contribution in [2.24, 2.45) is 0 Å². The Balaban J connectivity index is 2.08. The number of fused-ring (bicyclic) bond motifs is 1. The molecule has 0 fully saturated rings. The number of hydrogen-bond donors (Lipinski definition) is 0. The maximum Gasteiger partial charge on any atom is 0.231 e. The number of pyridine rings is 2. The highest BCUT2D eigenvalue weighted by molar-refractivity contribution is 5.80. The molecule has 0 N–H and O–H groups in total. The van der Waals surface area contributed by atoms with Crippen molar-refractivity contribution in [3.05, 3.63) is 60.8 Å². The maximum atomic E-state index is 5.36. The summed E-state index contributed by atoms with van der Waals surface area (Å²) in [6.07, 6.45) is 8.12. The van der Waals surface area contributed by atoms with Gasteiger partial charge in [0.2, 0.25) is 5.69 Å². The van der Waals surface area contributed by atoms with E-state index in [0.717, 1.165) is 35.3 Å². The fourth-order valence-corrected chi connectivity index (χ4v) is 2.30.